The Hall–Kier alpha value is -4.02. The van der Waals surface area contributed by atoms with E-state index >= 15 is 0 Å². The Morgan fingerprint density at radius 3 is 1.95 bits per heavy atom. The fourth-order valence-corrected chi connectivity index (χ4v) is 7.40. The molecule has 4 aromatic rings. The van der Waals surface area contributed by atoms with Crippen molar-refractivity contribution in [3.05, 3.63) is 131 Å². The molecular weight excluding hydrogens is 580 g/mol. The van der Waals surface area contributed by atoms with Crippen LogP contribution in [-0.4, -0.2) is 39.8 Å². The summed E-state index contributed by atoms with van der Waals surface area (Å²) in [5.74, 6) is -0.520. The van der Waals surface area contributed by atoms with Gasteiger partial charge in [0.25, 0.3) is 0 Å². The van der Waals surface area contributed by atoms with E-state index in [4.69, 9.17) is 23.7 Å². The van der Waals surface area contributed by atoms with Gasteiger partial charge in [-0.25, -0.2) is 13.2 Å². The lowest BCUT2D eigenvalue weighted by molar-refractivity contribution is -0.204. The number of cyclic esters (lactones) is 1. The summed E-state index contributed by atoms with van der Waals surface area (Å²) in [6, 6.07) is 31.2. The molecule has 1 saturated heterocycles. The Bertz CT molecular complexity index is 1690. The van der Waals surface area contributed by atoms with Crippen molar-refractivity contribution in [2.24, 2.45) is 0 Å². The first-order valence-electron chi connectivity index (χ1n) is 14.5. The zero-order valence-electron chi connectivity index (χ0n) is 24.5. The second-order valence-electron chi connectivity index (χ2n) is 10.9. The third-order valence-electron chi connectivity index (χ3n) is 8.04. The number of esters is 1. The van der Waals surface area contributed by atoms with E-state index in [1.54, 1.807) is 30.3 Å². The topological polar surface area (TPSA) is 97.4 Å². The number of hydrogen-bond donors (Lipinski definition) is 0. The van der Waals surface area contributed by atoms with Crippen LogP contribution in [0.5, 0.6) is 5.75 Å². The second kappa shape index (κ2) is 12.9. The van der Waals surface area contributed by atoms with E-state index < -0.39 is 27.3 Å². The first-order valence-corrected chi connectivity index (χ1v) is 16.1. The summed E-state index contributed by atoms with van der Waals surface area (Å²) < 4.78 is 57.4. The summed E-state index contributed by atoms with van der Waals surface area (Å²) in [6.45, 7) is 2.74. The maximum absolute atomic E-state index is 13.4. The molecule has 6 rings (SSSR count). The number of rotatable bonds is 10. The third kappa shape index (κ3) is 6.01. The van der Waals surface area contributed by atoms with Gasteiger partial charge in [-0.1, -0.05) is 91.0 Å². The molecule has 0 saturated carbocycles. The first kappa shape index (κ1) is 30.0. The molecular formula is C35H34O8S. The number of carbonyl (C=O) groups is 1. The minimum Gasteiger partial charge on any atom is -0.495 e. The lowest BCUT2D eigenvalue weighted by atomic mass is 9.91. The van der Waals surface area contributed by atoms with Crippen molar-refractivity contribution in [2.45, 2.75) is 61.3 Å². The van der Waals surface area contributed by atoms with Crippen LogP contribution < -0.4 is 4.74 Å². The molecule has 8 nitrogen and oxygen atoms in total. The maximum atomic E-state index is 13.4. The molecule has 2 aliphatic rings. The SMILES string of the molecule is COc1c([C@H]2C[C@@H](OCc3ccccc3)[C@H](OCc3ccccc3)[C@@H](C)O2)ccc2c1C(=O)OC2S(=O)(=O)c1ccccc1. The second-order valence-corrected chi connectivity index (χ2v) is 12.9. The van der Waals surface area contributed by atoms with Crippen LogP contribution in [0.25, 0.3) is 0 Å². The van der Waals surface area contributed by atoms with Gasteiger partial charge in [0.1, 0.15) is 17.4 Å². The smallest absolute Gasteiger partial charge is 0.344 e. The average Bonchev–Trinajstić information content (AvgIpc) is 3.41. The van der Waals surface area contributed by atoms with Crippen molar-refractivity contribution in [3.8, 4) is 5.75 Å². The molecule has 5 atom stereocenters. The highest BCUT2D eigenvalue weighted by Gasteiger charge is 2.46. The van der Waals surface area contributed by atoms with Gasteiger partial charge in [-0.2, -0.15) is 0 Å². The zero-order chi connectivity index (χ0) is 30.7. The van der Waals surface area contributed by atoms with Crippen LogP contribution >= 0.6 is 0 Å². The number of sulfone groups is 1. The monoisotopic (exact) mass is 614 g/mol. The van der Waals surface area contributed by atoms with Gasteiger partial charge in [0.05, 0.1) is 43.5 Å². The van der Waals surface area contributed by atoms with Crippen LogP contribution in [0.4, 0.5) is 0 Å². The quantitative estimate of drug-likeness (QED) is 0.191. The Morgan fingerprint density at radius 1 is 0.773 bits per heavy atom. The highest BCUT2D eigenvalue weighted by atomic mass is 32.2. The number of ether oxygens (including phenoxy) is 5. The molecule has 9 heteroatoms. The predicted molar refractivity (Wildman–Crippen MR) is 163 cm³/mol. The Balaban J connectivity index is 1.29. The fourth-order valence-electron chi connectivity index (χ4n) is 5.87. The molecule has 0 amide bonds. The molecule has 0 radical (unpaired) electrons. The van der Waals surface area contributed by atoms with Crippen LogP contribution in [0.3, 0.4) is 0 Å². The van der Waals surface area contributed by atoms with Crippen molar-refractivity contribution in [2.75, 3.05) is 7.11 Å². The minimum atomic E-state index is -4.00. The Labute approximate surface area is 257 Å². The summed E-state index contributed by atoms with van der Waals surface area (Å²) >= 11 is 0. The van der Waals surface area contributed by atoms with Gasteiger partial charge in [-0.05, 0) is 30.2 Å². The molecule has 0 aliphatic carbocycles. The van der Waals surface area contributed by atoms with Gasteiger partial charge >= 0.3 is 5.97 Å². The largest absolute Gasteiger partial charge is 0.495 e. The van der Waals surface area contributed by atoms with E-state index in [2.05, 4.69) is 0 Å². The molecule has 1 fully saturated rings. The van der Waals surface area contributed by atoms with Gasteiger partial charge in [-0.15, -0.1) is 0 Å². The van der Waals surface area contributed by atoms with Crippen molar-refractivity contribution >= 4 is 15.8 Å². The van der Waals surface area contributed by atoms with E-state index in [9.17, 15) is 13.2 Å². The van der Waals surface area contributed by atoms with Gasteiger partial charge < -0.3 is 23.7 Å². The van der Waals surface area contributed by atoms with Crippen LogP contribution in [-0.2, 0) is 42.0 Å². The summed E-state index contributed by atoms with van der Waals surface area (Å²) in [7, 11) is -2.55. The lowest BCUT2D eigenvalue weighted by Gasteiger charge is -2.41. The van der Waals surface area contributed by atoms with Crippen molar-refractivity contribution in [1.82, 2.24) is 0 Å². The van der Waals surface area contributed by atoms with Crippen molar-refractivity contribution in [1.29, 1.82) is 0 Å². The summed E-state index contributed by atoms with van der Waals surface area (Å²) in [6.07, 6.45) is -1.16. The van der Waals surface area contributed by atoms with Gasteiger partial charge in [0.15, 0.2) is 0 Å². The molecule has 2 aliphatic heterocycles. The highest BCUT2D eigenvalue weighted by Crippen LogP contribution is 2.47. The normalized spacial score (nSPS) is 23.1. The van der Waals surface area contributed by atoms with E-state index in [1.165, 1.54) is 19.2 Å². The van der Waals surface area contributed by atoms with E-state index in [1.807, 2.05) is 67.6 Å². The molecule has 44 heavy (non-hydrogen) atoms. The Kier molecular flexibility index (Phi) is 8.81. The van der Waals surface area contributed by atoms with Gasteiger partial charge in [0.2, 0.25) is 15.3 Å². The predicted octanol–water partition coefficient (Wildman–Crippen LogP) is 6.36. The van der Waals surface area contributed by atoms with E-state index in [-0.39, 0.29) is 40.1 Å². The molecule has 1 unspecified atom stereocenters. The molecule has 0 bridgehead atoms. The van der Waals surface area contributed by atoms with E-state index in [0.29, 0.717) is 25.2 Å². The number of carbonyl (C=O) groups excluding carboxylic acids is 1. The number of hydrogen-bond acceptors (Lipinski definition) is 8. The van der Waals surface area contributed by atoms with Crippen LogP contribution in [0.2, 0.25) is 0 Å². The number of methoxy groups -OCH3 is 1. The van der Waals surface area contributed by atoms with Crippen LogP contribution in [0.1, 0.15) is 57.5 Å². The van der Waals surface area contributed by atoms with Gasteiger partial charge in [-0.3, -0.25) is 0 Å². The maximum Gasteiger partial charge on any atom is 0.344 e. The highest BCUT2D eigenvalue weighted by molar-refractivity contribution is 7.91. The minimum absolute atomic E-state index is 0.0677. The average molecular weight is 615 g/mol. The molecule has 228 valence electrons. The molecule has 4 aromatic carbocycles. The van der Waals surface area contributed by atoms with Crippen molar-refractivity contribution in [3.63, 3.8) is 0 Å². The van der Waals surface area contributed by atoms with Crippen molar-refractivity contribution < 1.29 is 36.9 Å². The van der Waals surface area contributed by atoms with Crippen LogP contribution in [0, 0.1) is 0 Å². The van der Waals surface area contributed by atoms with Crippen LogP contribution in [0.15, 0.2) is 108 Å². The molecule has 0 aromatic heterocycles. The standard InChI is InChI=1S/C35H34O8S/c1-23-32(41-22-25-14-8-4-9-15-25)30(40-21-24-12-6-3-7-13-24)20-29(42-23)27-18-19-28-31(33(27)39-2)34(36)43-35(28)44(37,38)26-16-10-5-11-17-26/h3-19,23,29-30,32,35H,20-22H2,1-2H3/t23-,29-,30-,32-,35?/m1/s1. The number of benzene rings is 4. The summed E-state index contributed by atoms with van der Waals surface area (Å²) in [4.78, 5) is 13.2. The first-order chi connectivity index (χ1) is 21.4. The van der Waals surface area contributed by atoms with Gasteiger partial charge in [0, 0.05) is 17.5 Å². The molecule has 0 spiro atoms. The molecule has 2 heterocycles. The zero-order valence-corrected chi connectivity index (χ0v) is 25.3. The summed E-state index contributed by atoms with van der Waals surface area (Å²) in [5, 5.41) is 0. The third-order valence-corrected chi connectivity index (χ3v) is 9.89. The Morgan fingerprint density at radius 2 is 1.34 bits per heavy atom. The van der Waals surface area contributed by atoms with E-state index in [0.717, 1.165) is 11.1 Å². The lowest BCUT2D eigenvalue weighted by Crippen LogP contribution is -2.47. The summed E-state index contributed by atoms with van der Waals surface area (Å²) in [5.41, 5.74) is 1.55. The molecule has 0 N–H and O–H groups in total. The number of fused-ring (bicyclic) bond motifs is 1. The fraction of sp³-hybridized carbons (Fsp3) is 0.286.